The quantitative estimate of drug-likeness (QED) is 0.136. The van der Waals surface area contributed by atoms with E-state index in [4.69, 9.17) is 28.4 Å². The number of rotatable bonds is 17. The van der Waals surface area contributed by atoms with Crippen LogP contribution in [-0.2, 0) is 30.2 Å². The van der Waals surface area contributed by atoms with Gasteiger partial charge in [0.05, 0.1) is 6.61 Å². The van der Waals surface area contributed by atoms with Gasteiger partial charge in [-0.05, 0) is 64.2 Å². The Morgan fingerprint density at radius 1 is 0.775 bits per heavy atom. The summed E-state index contributed by atoms with van der Waals surface area (Å²) in [7, 11) is 0. The highest BCUT2D eigenvalue weighted by Gasteiger charge is 2.23. The van der Waals surface area contributed by atoms with E-state index in [0.717, 1.165) is 12.8 Å². The highest BCUT2D eigenvalue weighted by atomic mass is 16.8. The smallest absolute Gasteiger partial charge is 0.480 e. The summed E-state index contributed by atoms with van der Waals surface area (Å²) in [5.41, 5.74) is 0.459. The van der Waals surface area contributed by atoms with Gasteiger partial charge in [-0.1, -0.05) is 39.7 Å². The topological polar surface area (TPSA) is 156 Å². The molecule has 226 valence electrons. The van der Waals surface area contributed by atoms with E-state index in [2.05, 4.69) is 5.32 Å². The van der Waals surface area contributed by atoms with Crippen molar-refractivity contribution in [2.24, 2.45) is 0 Å². The van der Waals surface area contributed by atoms with E-state index in [9.17, 15) is 24.3 Å². The third kappa shape index (κ3) is 14.0. The average molecular weight is 570 g/mol. The summed E-state index contributed by atoms with van der Waals surface area (Å²) in [6, 6.07) is 3.24. The predicted octanol–water partition coefficient (Wildman–Crippen LogP) is 5.63. The lowest BCUT2D eigenvalue weighted by Crippen LogP contribution is -2.42. The third-order valence-electron chi connectivity index (χ3n) is 5.49. The summed E-state index contributed by atoms with van der Waals surface area (Å²) in [6.07, 6.45) is -0.712. The minimum atomic E-state index is -1.15. The van der Waals surface area contributed by atoms with E-state index < -0.39 is 42.7 Å². The molecule has 0 heterocycles. The van der Waals surface area contributed by atoms with Crippen molar-refractivity contribution in [2.75, 3.05) is 13.2 Å². The van der Waals surface area contributed by atoms with E-state index in [0.29, 0.717) is 24.8 Å². The Hall–Kier alpha value is -3.54. The molecule has 0 bridgehead atoms. The van der Waals surface area contributed by atoms with E-state index in [1.807, 2.05) is 20.8 Å². The fourth-order valence-electron chi connectivity index (χ4n) is 3.55. The van der Waals surface area contributed by atoms with Gasteiger partial charge >= 0.3 is 24.4 Å². The Morgan fingerprint density at radius 3 is 1.85 bits per heavy atom. The molecule has 0 aliphatic carbocycles. The minimum Gasteiger partial charge on any atom is -0.480 e. The maximum absolute atomic E-state index is 12.4. The number of carboxylic acid groups (broad SMARTS) is 1. The average Bonchev–Trinajstić information content (AvgIpc) is 2.86. The van der Waals surface area contributed by atoms with Gasteiger partial charge in [-0.2, -0.15) is 0 Å². The van der Waals surface area contributed by atoms with E-state index in [-0.39, 0.29) is 37.2 Å². The number of carbonyl (C=O) groups excluding carboxylic acids is 3. The molecule has 0 aliphatic heterocycles. The van der Waals surface area contributed by atoms with Gasteiger partial charge in [0.2, 0.25) is 0 Å². The molecule has 3 unspecified atom stereocenters. The highest BCUT2D eigenvalue weighted by Crippen LogP contribution is 2.30. The van der Waals surface area contributed by atoms with Gasteiger partial charge in [-0.3, -0.25) is 4.79 Å². The predicted molar refractivity (Wildman–Crippen MR) is 145 cm³/mol. The Balaban J connectivity index is 3.02. The molecule has 0 amide bonds. The summed E-state index contributed by atoms with van der Waals surface area (Å²) in [5.74, 6) is -1.37. The first-order valence-corrected chi connectivity index (χ1v) is 13.7. The van der Waals surface area contributed by atoms with Crippen LogP contribution >= 0.6 is 0 Å². The van der Waals surface area contributed by atoms with Crippen LogP contribution in [0.2, 0.25) is 0 Å². The molecule has 2 N–H and O–H groups in total. The molecule has 0 aliphatic rings. The minimum absolute atomic E-state index is 0.0295. The fraction of sp³-hybridized carbons (Fsp3) is 0.643. The van der Waals surface area contributed by atoms with E-state index >= 15 is 0 Å². The first-order valence-electron chi connectivity index (χ1n) is 13.7. The second-order valence-electron chi connectivity index (χ2n) is 9.45. The number of benzene rings is 1. The van der Waals surface area contributed by atoms with Gasteiger partial charge in [-0.15, -0.1) is 0 Å². The van der Waals surface area contributed by atoms with E-state index in [1.165, 1.54) is 18.2 Å². The van der Waals surface area contributed by atoms with Crippen LogP contribution in [0.25, 0.3) is 0 Å². The lowest BCUT2D eigenvalue weighted by molar-refractivity contribution is -0.139. The maximum Gasteiger partial charge on any atom is 0.514 e. The number of carbonyl (C=O) groups is 4. The van der Waals surface area contributed by atoms with Crippen LogP contribution in [0.4, 0.5) is 14.4 Å². The van der Waals surface area contributed by atoms with E-state index in [1.54, 1.807) is 20.8 Å². The summed E-state index contributed by atoms with van der Waals surface area (Å²) in [4.78, 5) is 48.2. The number of hydrogen-bond donors (Lipinski definition) is 2. The Labute approximate surface area is 235 Å². The van der Waals surface area contributed by atoms with Crippen LogP contribution in [-0.4, -0.2) is 67.0 Å². The zero-order valence-electron chi connectivity index (χ0n) is 24.2. The van der Waals surface area contributed by atoms with Gasteiger partial charge in [-0.25, -0.2) is 14.4 Å². The summed E-state index contributed by atoms with van der Waals surface area (Å²) < 4.78 is 31.0. The first kappa shape index (κ1) is 34.5. The van der Waals surface area contributed by atoms with Crippen molar-refractivity contribution in [1.82, 2.24) is 5.32 Å². The Morgan fingerprint density at radius 2 is 1.32 bits per heavy atom. The fourth-order valence-corrected chi connectivity index (χ4v) is 3.55. The van der Waals surface area contributed by atoms with Gasteiger partial charge in [0.15, 0.2) is 11.5 Å². The molecule has 1 aromatic carbocycles. The Bertz CT molecular complexity index is 952. The van der Waals surface area contributed by atoms with Gasteiger partial charge in [0.1, 0.15) is 24.4 Å². The summed E-state index contributed by atoms with van der Waals surface area (Å²) in [5, 5.41) is 12.6. The molecular formula is C28H43NO11. The molecule has 0 radical (unpaired) electrons. The third-order valence-corrected chi connectivity index (χ3v) is 5.49. The molecular weight excluding hydrogens is 526 g/mol. The van der Waals surface area contributed by atoms with Gasteiger partial charge < -0.3 is 38.8 Å². The molecule has 40 heavy (non-hydrogen) atoms. The van der Waals surface area contributed by atoms with Crippen LogP contribution in [0.5, 0.6) is 11.5 Å². The molecule has 0 fully saturated rings. The summed E-state index contributed by atoms with van der Waals surface area (Å²) in [6.45, 7) is 11.1. The molecule has 4 atom stereocenters. The Kier molecular flexibility index (Phi) is 16.1. The largest absolute Gasteiger partial charge is 0.514 e. The standard InChI is InChI=1S/C28H43NO11/c1-7-10-18(4)36-27(33)39-23-13-12-21(16-24(23)40-28(34)37-19(5)11-8-2)15-22(25(30)31)29-17-20(6)38-26(32)35-14-9-3/h12-13,16,18-20,22,29H,7-11,14-15,17H2,1-6H3,(H,30,31)/t18?,19?,20?,22-/m0/s1. The second-order valence-corrected chi connectivity index (χ2v) is 9.45. The molecule has 0 aromatic heterocycles. The van der Waals surface area contributed by atoms with Crippen molar-refractivity contribution < 1.29 is 52.7 Å². The van der Waals surface area contributed by atoms with Crippen LogP contribution in [0.1, 0.15) is 79.2 Å². The lowest BCUT2D eigenvalue weighted by atomic mass is 10.0. The number of ether oxygens (including phenoxy) is 6. The zero-order chi connectivity index (χ0) is 30.1. The van der Waals surface area contributed by atoms with Crippen molar-refractivity contribution in [3.63, 3.8) is 0 Å². The first-order chi connectivity index (χ1) is 19.0. The van der Waals surface area contributed by atoms with Crippen LogP contribution < -0.4 is 14.8 Å². The highest BCUT2D eigenvalue weighted by molar-refractivity contribution is 5.74. The van der Waals surface area contributed by atoms with Gasteiger partial charge in [0, 0.05) is 6.54 Å². The van der Waals surface area contributed by atoms with Gasteiger partial charge in [0.25, 0.3) is 0 Å². The van der Waals surface area contributed by atoms with Crippen molar-refractivity contribution in [3.05, 3.63) is 23.8 Å². The SMILES string of the molecule is CCCOC(=O)OC(C)CN[C@@H](Cc1ccc(OC(=O)OC(C)CCC)c(OC(=O)OC(C)CCC)c1)C(=O)O. The molecule has 0 spiro atoms. The van der Waals surface area contributed by atoms with Crippen molar-refractivity contribution in [1.29, 1.82) is 0 Å². The maximum atomic E-state index is 12.4. The van der Waals surface area contributed by atoms with Crippen LogP contribution in [0.3, 0.4) is 0 Å². The van der Waals surface area contributed by atoms with Crippen molar-refractivity contribution in [2.45, 2.75) is 104 Å². The lowest BCUT2D eigenvalue weighted by Gasteiger charge is -2.19. The molecule has 1 rings (SSSR count). The van der Waals surface area contributed by atoms with Crippen molar-refractivity contribution in [3.8, 4) is 11.5 Å². The van der Waals surface area contributed by atoms with Crippen molar-refractivity contribution >= 4 is 24.4 Å². The molecule has 0 saturated carbocycles. The van der Waals surface area contributed by atoms with Crippen LogP contribution in [0, 0.1) is 0 Å². The number of aliphatic carboxylic acids is 1. The number of carboxylic acids is 1. The number of hydrogen-bond acceptors (Lipinski definition) is 11. The van der Waals surface area contributed by atoms with Crippen LogP contribution in [0.15, 0.2) is 18.2 Å². The molecule has 12 heteroatoms. The number of nitrogens with one attached hydrogen (secondary N) is 1. The zero-order valence-corrected chi connectivity index (χ0v) is 24.2. The molecule has 12 nitrogen and oxygen atoms in total. The molecule has 0 saturated heterocycles. The molecule has 1 aromatic rings. The normalized spacial score (nSPS) is 13.8. The monoisotopic (exact) mass is 569 g/mol. The second kappa shape index (κ2) is 18.7. The summed E-state index contributed by atoms with van der Waals surface area (Å²) >= 11 is 0.